The van der Waals surface area contributed by atoms with E-state index in [-0.39, 0.29) is 18.9 Å². The molecular formula is C16H19F2N3. The molecule has 0 unspecified atom stereocenters. The molecule has 0 N–H and O–H groups in total. The smallest absolute Gasteiger partial charge is 0.172 e. The zero-order valence-electron chi connectivity index (χ0n) is 12.4. The number of halogens is 2. The maximum absolute atomic E-state index is 15.0. The van der Waals surface area contributed by atoms with Crippen molar-refractivity contribution < 1.29 is 8.78 Å². The number of aromatic nitrogens is 2. The number of anilines is 1. The third kappa shape index (κ3) is 1.86. The lowest BCUT2D eigenvalue weighted by Crippen LogP contribution is -2.57. The molecule has 1 aliphatic carbocycles. The van der Waals surface area contributed by atoms with Gasteiger partial charge in [-0.25, -0.2) is 13.8 Å². The van der Waals surface area contributed by atoms with Crippen LogP contribution in [0.2, 0.25) is 0 Å². The largest absolute Gasteiger partial charge is 0.363 e. The minimum absolute atomic E-state index is 0.254. The van der Waals surface area contributed by atoms with E-state index in [9.17, 15) is 8.78 Å². The van der Waals surface area contributed by atoms with Gasteiger partial charge in [0.1, 0.15) is 17.0 Å². The molecule has 5 heteroatoms. The van der Waals surface area contributed by atoms with Gasteiger partial charge < -0.3 is 9.47 Å². The first-order valence-electron chi connectivity index (χ1n) is 7.57. The van der Waals surface area contributed by atoms with Crippen molar-refractivity contribution in [2.24, 2.45) is 0 Å². The van der Waals surface area contributed by atoms with Crippen LogP contribution in [0.1, 0.15) is 38.1 Å². The highest BCUT2D eigenvalue weighted by Crippen LogP contribution is 2.39. The Morgan fingerprint density at radius 3 is 2.57 bits per heavy atom. The van der Waals surface area contributed by atoms with Crippen molar-refractivity contribution in [3.05, 3.63) is 23.8 Å². The topological polar surface area (TPSA) is 21.1 Å². The highest BCUT2D eigenvalue weighted by atomic mass is 19.1. The summed E-state index contributed by atoms with van der Waals surface area (Å²) in [5, 5.41) is 0. The van der Waals surface area contributed by atoms with E-state index in [1.165, 1.54) is 6.42 Å². The molecule has 1 saturated heterocycles. The fourth-order valence-corrected chi connectivity index (χ4v) is 3.51. The van der Waals surface area contributed by atoms with Gasteiger partial charge in [-0.3, -0.25) is 0 Å². The molecule has 112 valence electrons. The summed E-state index contributed by atoms with van der Waals surface area (Å²) in [4.78, 5) is 6.25. The van der Waals surface area contributed by atoms with Crippen LogP contribution in [0, 0.1) is 12.7 Å². The molecule has 2 fully saturated rings. The van der Waals surface area contributed by atoms with Crippen LogP contribution in [0.15, 0.2) is 12.1 Å². The SMILES string of the molecule is Cc1nc2ccc(N3CC(C)(F)C3)c(F)c2n1C1CCC1. The summed E-state index contributed by atoms with van der Waals surface area (Å²) in [7, 11) is 0. The molecule has 2 aromatic rings. The maximum atomic E-state index is 15.0. The molecule has 0 atom stereocenters. The summed E-state index contributed by atoms with van der Waals surface area (Å²) in [6.45, 7) is 4.00. The molecule has 1 aliphatic heterocycles. The summed E-state index contributed by atoms with van der Waals surface area (Å²) in [6, 6.07) is 3.94. The fraction of sp³-hybridized carbons (Fsp3) is 0.562. The number of hydrogen-bond donors (Lipinski definition) is 0. The highest BCUT2D eigenvalue weighted by Gasteiger charge is 2.40. The number of rotatable bonds is 2. The molecule has 4 rings (SSSR count). The summed E-state index contributed by atoms with van der Waals surface area (Å²) >= 11 is 0. The minimum Gasteiger partial charge on any atom is -0.363 e. The molecule has 2 aliphatic rings. The van der Waals surface area contributed by atoms with Gasteiger partial charge in [-0.05, 0) is 45.2 Å². The van der Waals surface area contributed by atoms with Crippen molar-refractivity contribution >= 4 is 16.7 Å². The molecule has 1 aromatic carbocycles. The molecule has 1 aromatic heterocycles. The van der Waals surface area contributed by atoms with E-state index in [0.29, 0.717) is 22.8 Å². The van der Waals surface area contributed by atoms with Crippen molar-refractivity contribution in [3.63, 3.8) is 0 Å². The Hall–Kier alpha value is -1.65. The second-order valence-electron chi connectivity index (χ2n) is 6.65. The molecule has 0 radical (unpaired) electrons. The second kappa shape index (κ2) is 4.18. The van der Waals surface area contributed by atoms with E-state index in [0.717, 1.165) is 18.7 Å². The van der Waals surface area contributed by atoms with Gasteiger partial charge in [-0.1, -0.05) is 0 Å². The number of alkyl halides is 1. The van der Waals surface area contributed by atoms with E-state index in [4.69, 9.17) is 0 Å². The van der Waals surface area contributed by atoms with Crippen LogP contribution < -0.4 is 4.90 Å². The lowest BCUT2D eigenvalue weighted by atomic mass is 9.92. The summed E-state index contributed by atoms with van der Waals surface area (Å²) in [6.07, 6.45) is 3.36. The maximum Gasteiger partial charge on any atom is 0.172 e. The van der Waals surface area contributed by atoms with Crippen molar-refractivity contribution in [1.29, 1.82) is 0 Å². The summed E-state index contributed by atoms with van der Waals surface area (Å²) in [5.41, 5.74) is 0.579. The normalized spacial score (nSPS) is 21.4. The molecule has 3 nitrogen and oxygen atoms in total. The van der Waals surface area contributed by atoms with E-state index in [1.54, 1.807) is 17.9 Å². The lowest BCUT2D eigenvalue weighted by Gasteiger charge is -2.44. The molecule has 0 amide bonds. The van der Waals surface area contributed by atoms with Crippen LogP contribution >= 0.6 is 0 Å². The molecule has 0 bridgehead atoms. The van der Waals surface area contributed by atoms with Gasteiger partial charge in [0, 0.05) is 6.04 Å². The van der Waals surface area contributed by atoms with Crippen molar-refractivity contribution in [2.45, 2.75) is 44.8 Å². The predicted octanol–water partition coefficient (Wildman–Crippen LogP) is 3.76. The number of benzene rings is 1. The summed E-state index contributed by atoms with van der Waals surface area (Å²) < 4.78 is 30.7. The number of imidazole rings is 1. The van der Waals surface area contributed by atoms with E-state index in [1.807, 2.05) is 17.6 Å². The standard InChI is InChI=1S/C16H19F2N3/c1-10-19-12-6-7-13(20-8-16(2,18)9-20)14(17)15(12)21(10)11-4-3-5-11/h6-7,11H,3-5,8-9H2,1-2H3. The van der Waals surface area contributed by atoms with Crippen molar-refractivity contribution in [3.8, 4) is 0 Å². The van der Waals surface area contributed by atoms with E-state index < -0.39 is 5.67 Å². The number of aryl methyl sites for hydroxylation is 1. The molecule has 1 saturated carbocycles. The predicted molar refractivity (Wildman–Crippen MR) is 79.0 cm³/mol. The van der Waals surface area contributed by atoms with Gasteiger partial charge in [-0.2, -0.15) is 0 Å². The zero-order valence-corrected chi connectivity index (χ0v) is 12.4. The Kier molecular flexibility index (Phi) is 2.60. The quantitative estimate of drug-likeness (QED) is 0.840. The minimum atomic E-state index is -1.20. The number of fused-ring (bicyclic) bond motifs is 1. The van der Waals surface area contributed by atoms with Crippen LogP contribution in [0.25, 0.3) is 11.0 Å². The van der Waals surface area contributed by atoms with Gasteiger partial charge in [0.2, 0.25) is 0 Å². The van der Waals surface area contributed by atoms with Gasteiger partial charge in [0.05, 0.1) is 24.3 Å². The Morgan fingerprint density at radius 2 is 2.00 bits per heavy atom. The molecule has 21 heavy (non-hydrogen) atoms. The lowest BCUT2D eigenvalue weighted by molar-refractivity contribution is 0.144. The van der Waals surface area contributed by atoms with Crippen molar-refractivity contribution in [2.75, 3.05) is 18.0 Å². The average molecular weight is 291 g/mol. The highest BCUT2D eigenvalue weighted by molar-refractivity contribution is 5.82. The van der Waals surface area contributed by atoms with Crippen molar-refractivity contribution in [1.82, 2.24) is 9.55 Å². The first-order chi connectivity index (χ1) is 9.96. The van der Waals surface area contributed by atoms with Crippen LogP contribution in [0.5, 0.6) is 0 Å². The van der Waals surface area contributed by atoms with Gasteiger partial charge in [0.25, 0.3) is 0 Å². The van der Waals surface area contributed by atoms with Crippen LogP contribution in [-0.2, 0) is 0 Å². The zero-order chi connectivity index (χ0) is 14.8. The van der Waals surface area contributed by atoms with Gasteiger partial charge in [0.15, 0.2) is 5.82 Å². The third-order valence-corrected chi connectivity index (χ3v) is 4.77. The first-order valence-corrected chi connectivity index (χ1v) is 7.57. The van der Waals surface area contributed by atoms with Gasteiger partial charge >= 0.3 is 0 Å². The Labute approximate surface area is 122 Å². The van der Waals surface area contributed by atoms with E-state index >= 15 is 0 Å². The average Bonchev–Trinajstić information content (AvgIpc) is 2.63. The Bertz CT molecular complexity index is 708. The Balaban J connectivity index is 1.82. The van der Waals surface area contributed by atoms with Gasteiger partial charge in [-0.15, -0.1) is 0 Å². The Morgan fingerprint density at radius 1 is 1.29 bits per heavy atom. The monoisotopic (exact) mass is 291 g/mol. The number of hydrogen-bond acceptors (Lipinski definition) is 2. The van der Waals surface area contributed by atoms with Crippen LogP contribution in [0.4, 0.5) is 14.5 Å². The van der Waals surface area contributed by atoms with Crippen LogP contribution in [0.3, 0.4) is 0 Å². The second-order valence-corrected chi connectivity index (χ2v) is 6.65. The summed E-state index contributed by atoms with van der Waals surface area (Å²) in [5.74, 6) is 0.611. The third-order valence-electron chi connectivity index (χ3n) is 4.77. The van der Waals surface area contributed by atoms with E-state index in [2.05, 4.69) is 4.98 Å². The first kappa shape index (κ1) is 13.0. The van der Waals surface area contributed by atoms with Crippen LogP contribution in [-0.4, -0.2) is 28.3 Å². The molecular weight excluding hydrogens is 272 g/mol. The molecule has 2 heterocycles. The molecule has 0 spiro atoms. The number of nitrogens with zero attached hydrogens (tertiary/aromatic N) is 3. The fourth-order valence-electron chi connectivity index (χ4n) is 3.51.